The fraction of sp³-hybridized carbons (Fsp3) is 0.545. The number of thiophene rings is 1. The van der Waals surface area contributed by atoms with Gasteiger partial charge < -0.3 is 5.11 Å². The molecule has 0 radical (unpaired) electrons. The van der Waals surface area contributed by atoms with Crippen LogP contribution in [0.4, 0.5) is 0 Å². The normalized spacial score (nSPS) is 14.2. The van der Waals surface area contributed by atoms with Crippen LogP contribution in [0.15, 0.2) is 18.5 Å². The number of rotatable bonds is 5. The highest BCUT2D eigenvalue weighted by atomic mass is 79.9. The predicted octanol–water partition coefficient (Wildman–Crippen LogP) is 3.44. The van der Waals surface area contributed by atoms with Crippen molar-refractivity contribution in [1.29, 1.82) is 0 Å². The van der Waals surface area contributed by atoms with Crippen LogP contribution in [0.5, 0.6) is 0 Å². The van der Waals surface area contributed by atoms with E-state index in [4.69, 9.17) is 5.11 Å². The summed E-state index contributed by atoms with van der Waals surface area (Å²) in [5.74, 6) is -1.04. The molecule has 0 aromatic carbocycles. The van der Waals surface area contributed by atoms with Crippen LogP contribution in [-0.2, 0) is 14.8 Å². The van der Waals surface area contributed by atoms with Crippen LogP contribution in [-0.4, -0.2) is 25.5 Å². The van der Waals surface area contributed by atoms with Crippen molar-refractivity contribution in [2.75, 3.05) is 0 Å². The van der Waals surface area contributed by atoms with Crippen LogP contribution in [0, 0.1) is 5.41 Å². The second kappa shape index (κ2) is 6.43. The number of aliphatic carboxylic acids is 1. The van der Waals surface area contributed by atoms with Crippen LogP contribution < -0.4 is 4.72 Å². The first-order valence-electron chi connectivity index (χ1n) is 5.62. The Morgan fingerprint density at radius 3 is 2.35 bits per heavy atom. The molecule has 1 unspecified atom stereocenters. The monoisotopic (exact) mass is 447 g/mol. The van der Waals surface area contributed by atoms with E-state index in [0.29, 0.717) is 7.57 Å². The molecule has 0 amide bonds. The Morgan fingerprint density at radius 1 is 1.45 bits per heavy atom. The summed E-state index contributed by atoms with van der Waals surface area (Å²) >= 11 is 7.66. The van der Waals surface area contributed by atoms with Crippen molar-refractivity contribution in [2.45, 2.75) is 38.1 Å². The SMILES string of the molecule is CC(C)(C)C(CC(=O)O)NS(=O)(=O)c1cc(Br)sc1Br. The Bertz CT molecular complexity index is 604. The average Bonchev–Trinajstić information content (AvgIpc) is 2.55. The Labute approximate surface area is 139 Å². The van der Waals surface area contributed by atoms with Gasteiger partial charge in [0.2, 0.25) is 10.0 Å². The molecule has 20 heavy (non-hydrogen) atoms. The molecular formula is C11H15Br2NO4S2. The minimum Gasteiger partial charge on any atom is -0.481 e. The van der Waals surface area contributed by atoms with Gasteiger partial charge in [0.1, 0.15) is 4.90 Å². The number of carbonyl (C=O) groups is 1. The summed E-state index contributed by atoms with van der Waals surface area (Å²) < 4.78 is 28.3. The van der Waals surface area contributed by atoms with Gasteiger partial charge in [0.25, 0.3) is 0 Å². The minimum absolute atomic E-state index is 0.106. The first-order valence-corrected chi connectivity index (χ1v) is 9.51. The molecule has 0 aliphatic heterocycles. The molecule has 1 rings (SSSR count). The molecule has 0 aliphatic carbocycles. The van der Waals surface area contributed by atoms with E-state index < -0.39 is 27.4 Å². The fourth-order valence-electron chi connectivity index (χ4n) is 1.46. The zero-order valence-electron chi connectivity index (χ0n) is 11.1. The molecule has 1 aromatic heterocycles. The Morgan fingerprint density at radius 2 is 2.00 bits per heavy atom. The highest BCUT2D eigenvalue weighted by molar-refractivity contribution is 9.12. The molecule has 0 saturated carbocycles. The predicted molar refractivity (Wildman–Crippen MR) is 85.5 cm³/mol. The Hall–Kier alpha value is 0.0400. The lowest BCUT2D eigenvalue weighted by Gasteiger charge is -2.30. The van der Waals surface area contributed by atoms with Crippen molar-refractivity contribution >= 4 is 59.2 Å². The summed E-state index contributed by atoms with van der Waals surface area (Å²) in [4.78, 5) is 11.0. The van der Waals surface area contributed by atoms with Gasteiger partial charge in [-0.15, -0.1) is 11.3 Å². The maximum atomic E-state index is 12.4. The minimum atomic E-state index is -3.78. The third-order valence-corrected chi connectivity index (χ3v) is 6.86. The lowest BCUT2D eigenvalue weighted by Crippen LogP contribution is -2.44. The molecule has 114 valence electrons. The van der Waals surface area contributed by atoms with Crippen LogP contribution in [0.1, 0.15) is 27.2 Å². The molecule has 0 fully saturated rings. The van der Waals surface area contributed by atoms with E-state index in [-0.39, 0.29) is 11.3 Å². The molecule has 0 saturated heterocycles. The van der Waals surface area contributed by atoms with Crippen molar-refractivity contribution < 1.29 is 18.3 Å². The Kier molecular flexibility index (Phi) is 5.82. The molecule has 9 heteroatoms. The smallest absolute Gasteiger partial charge is 0.304 e. The number of halogens is 2. The van der Waals surface area contributed by atoms with Crippen LogP contribution >= 0.6 is 43.2 Å². The highest BCUT2D eigenvalue weighted by Crippen LogP contribution is 2.35. The molecule has 5 nitrogen and oxygen atoms in total. The largest absolute Gasteiger partial charge is 0.481 e. The molecule has 0 bridgehead atoms. The molecular weight excluding hydrogens is 434 g/mol. The maximum absolute atomic E-state index is 12.4. The zero-order chi connectivity index (χ0) is 15.7. The van der Waals surface area contributed by atoms with E-state index in [1.807, 2.05) is 0 Å². The van der Waals surface area contributed by atoms with Gasteiger partial charge in [-0.2, -0.15) is 0 Å². The van der Waals surface area contributed by atoms with Crippen molar-refractivity contribution in [3.8, 4) is 0 Å². The molecule has 1 atom stereocenters. The molecule has 1 aromatic rings. The van der Waals surface area contributed by atoms with Crippen molar-refractivity contribution in [1.82, 2.24) is 4.72 Å². The van der Waals surface area contributed by atoms with Gasteiger partial charge in [-0.25, -0.2) is 13.1 Å². The quantitative estimate of drug-likeness (QED) is 0.722. The van der Waals surface area contributed by atoms with E-state index in [1.54, 1.807) is 20.8 Å². The first kappa shape index (κ1) is 18.1. The van der Waals surface area contributed by atoms with Gasteiger partial charge in [0.05, 0.1) is 14.0 Å². The van der Waals surface area contributed by atoms with E-state index >= 15 is 0 Å². The first-order chi connectivity index (χ1) is 8.93. The molecule has 0 aliphatic rings. The summed E-state index contributed by atoms with van der Waals surface area (Å²) in [6.07, 6.45) is -0.272. The number of carboxylic acid groups (broad SMARTS) is 1. The zero-order valence-corrected chi connectivity index (χ0v) is 15.9. The number of sulfonamides is 1. The van der Waals surface area contributed by atoms with Crippen LogP contribution in [0.25, 0.3) is 0 Å². The van der Waals surface area contributed by atoms with Crippen LogP contribution in [0.2, 0.25) is 0 Å². The lowest BCUT2D eigenvalue weighted by molar-refractivity contribution is -0.138. The van der Waals surface area contributed by atoms with Gasteiger partial charge in [-0.05, 0) is 43.3 Å². The third-order valence-electron chi connectivity index (χ3n) is 2.64. The Balaban J connectivity index is 3.09. The van der Waals surface area contributed by atoms with Gasteiger partial charge in [0.15, 0.2) is 0 Å². The van der Waals surface area contributed by atoms with Crippen molar-refractivity contribution in [2.24, 2.45) is 5.41 Å². The summed E-state index contributed by atoms with van der Waals surface area (Å²) in [6.45, 7) is 5.38. The number of hydrogen-bond donors (Lipinski definition) is 2. The van der Waals surface area contributed by atoms with Gasteiger partial charge in [0, 0.05) is 6.04 Å². The second-order valence-electron chi connectivity index (χ2n) is 5.33. The van der Waals surface area contributed by atoms with Gasteiger partial charge in [-0.1, -0.05) is 20.8 Å². The van der Waals surface area contributed by atoms with E-state index in [1.165, 1.54) is 17.4 Å². The fourth-order valence-corrected chi connectivity index (χ4v) is 6.71. The second-order valence-corrected chi connectivity index (χ2v) is 10.8. The number of nitrogens with one attached hydrogen (secondary N) is 1. The number of carboxylic acids is 1. The summed E-state index contributed by atoms with van der Waals surface area (Å²) in [5, 5.41) is 8.92. The molecule has 1 heterocycles. The van der Waals surface area contributed by atoms with E-state index in [2.05, 4.69) is 36.6 Å². The third kappa shape index (κ3) is 4.80. The summed E-state index contributed by atoms with van der Waals surface area (Å²) in [7, 11) is -3.78. The van der Waals surface area contributed by atoms with Crippen LogP contribution in [0.3, 0.4) is 0 Å². The van der Waals surface area contributed by atoms with E-state index in [9.17, 15) is 13.2 Å². The topological polar surface area (TPSA) is 83.5 Å². The van der Waals surface area contributed by atoms with Crippen molar-refractivity contribution in [3.63, 3.8) is 0 Å². The standard InChI is InChI=1S/C11H15Br2NO4S2/c1-11(2,3)7(5-9(15)16)14-20(17,18)6-4-8(12)19-10(6)13/h4,7,14H,5H2,1-3H3,(H,15,16). The van der Waals surface area contributed by atoms with E-state index in [0.717, 1.165) is 0 Å². The summed E-state index contributed by atoms with van der Waals surface area (Å²) in [6, 6.07) is 0.785. The highest BCUT2D eigenvalue weighted by Gasteiger charge is 2.32. The number of hydrogen-bond acceptors (Lipinski definition) is 4. The molecule has 2 N–H and O–H groups in total. The average molecular weight is 449 g/mol. The summed E-state index contributed by atoms with van der Waals surface area (Å²) in [5.41, 5.74) is -0.509. The van der Waals surface area contributed by atoms with Gasteiger partial charge in [-0.3, -0.25) is 4.79 Å². The lowest BCUT2D eigenvalue weighted by atomic mass is 9.85. The van der Waals surface area contributed by atoms with Gasteiger partial charge >= 0.3 is 5.97 Å². The van der Waals surface area contributed by atoms with Crippen molar-refractivity contribution in [3.05, 3.63) is 13.6 Å². The maximum Gasteiger partial charge on any atom is 0.304 e. The molecule has 0 spiro atoms.